The van der Waals surface area contributed by atoms with Crippen LogP contribution in [0.1, 0.15) is 38.1 Å². The zero-order chi connectivity index (χ0) is 19.8. The van der Waals surface area contributed by atoms with Crippen molar-refractivity contribution < 1.29 is 9.53 Å². The maximum Gasteiger partial charge on any atom is 0.310 e. The Bertz CT molecular complexity index is 772. The molecule has 6 nitrogen and oxygen atoms in total. The minimum absolute atomic E-state index is 0.0553. The minimum Gasteiger partial charge on any atom is -0.466 e. The number of ether oxygens (including phenoxy) is 1. The van der Waals surface area contributed by atoms with Gasteiger partial charge in [-0.05, 0) is 45.2 Å². The molecule has 1 unspecified atom stereocenters. The number of nitrogens with one attached hydrogen (secondary N) is 1. The van der Waals surface area contributed by atoms with Gasteiger partial charge in [-0.25, -0.2) is 4.98 Å². The number of hydrogen-bond acceptors (Lipinski definition) is 5. The third-order valence-electron chi connectivity index (χ3n) is 4.82. The number of benzene rings is 1. The molecule has 7 heteroatoms. The van der Waals surface area contributed by atoms with Gasteiger partial charge in [-0.2, -0.15) is 0 Å². The Morgan fingerprint density at radius 3 is 3.04 bits per heavy atom. The summed E-state index contributed by atoms with van der Waals surface area (Å²) in [5.41, 5.74) is 1.08. The van der Waals surface area contributed by atoms with Crippen molar-refractivity contribution in [1.82, 2.24) is 15.2 Å². The number of thiazole rings is 1. The molecule has 152 valence electrons. The summed E-state index contributed by atoms with van der Waals surface area (Å²) >= 11 is 1.77. The van der Waals surface area contributed by atoms with Crippen molar-refractivity contribution >= 4 is 33.5 Å². The molecule has 1 saturated heterocycles. The number of hydrogen-bond donors (Lipinski definition) is 1. The second kappa shape index (κ2) is 10.4. The molecule has 1 aromatic heterocycles. The lowest BCUT2D eigenvalue weighted by Crippen LogP contribution is -2.48. The fraction of sp³-hybridized carbons (Fsp3) is 0.571. The number of aryl methyl sites for hydroxylation is 1. The molecule has 2 heterocycles. The van der Waals surface area contributed by atoms with E-state index in [1.165, 1.54) is 9.71 Å². The molecular formula is C21H30N4O2S. The maximum atomic E-state index is 12.1. The zero-order valence-electron chi connectivity index (χ0n) is 16.8. The van der Waals surface area contributed by atoms with Crippen molar-refractivity contribution in [3.8, 4) is 0 Å². The quantitative estimate of drug-likeness (QED) is 0.332. The molecule has 1 aromatic carbocycles. The van der Waals surface area contributed by atoms with Crippen LogP contribution in [0.15, 0.2) is 29.3 Å². The van der Waals surface area contributed by atoms with E-state index >= 15 is 0 Å². The van der Waals surface area contributed by atoms with Crippen LogP contribution in [0, 0.1) is 5.92 Å². The normalized spacial score (nSPS) is 17.7. The number of carbonyl (C=O) groups excluding carboxylic acids is 1. The van der Waals surface area contributed by atoms with Gasteiger partial charge in [0.15, 0.2) is 5.96 Å². The number of para-hydroxylation sites is 1. The van der Waals surface area contributed by atoms with Crippen LogP contribution in [0.5, 0.6) is 0 Å². The van der Waals surface area contributed by atoms with Crippen LogP contribution in [0.2, 0.25) is 0 Å². The molecule has 3 rings (SSSR count). The summed E-state index contributed by atoms with van der Waals surface area (Å²) in [7, 11) is 0. The van der Waals surface area contributed by atoms with Crippen molar-refractivity contribution in [3.05, 3.63) is 29.3 Å². The molecule has 1 N–H and O–H groups in total. The van der Waals surface area contributed by atoms with E-state index in [4.69, 9.17) is 14.7 Å². The molecule has 0 amide bonds. The van der Waals surface area contributed by atoms with E-state index < -0.39 is 0 Å². The molecule has 1 atom stereocenters. The Labute approximate surface area is 171 Å². The fourth-order valence-electron chi connectivity index (χ4n) is 3.49. The van der Waals surface area contributed by atoms with Gasteiger partial charge < -0.3 is 15.0 Å². The largest absolute Gasteiger partial charge is 0.466 e. The summed E-state index contributed by atoms with van der Waals surface area (Å²) in [6, 6.07) is 8.27. The van der Waals surface area contributed by atoms with E-state index in [-0.39, 0.29) is 11.9 Å². The average molecular weight is 403 g/mol. The van der Waals surface area contributed by atoms with Crippen LogP contribution in [0.3, 0.4) is 0 Å². The lowest BCUT2D eigenvalue weighted by atomic mass is 9.98. The van der Waals surface area contributed by atoms with Crippen LogP contribution in [-0.4, -0.2) is 54.6 Å². The molecule has 0 aliphatic carbocycles. The maximum absolute atomic E-state index is 12.1. The SMILES string of the molecule is CCNC(=NCCCc1nc2ccccc2s1)N1CCCC(C(=O)OCC)C1. The van der Waals surface area contributed by atoms with Gasteiger partial charge in [-0.1, -0.05) is 12.1 Å². The number of likely N-dealkylation sites (tertiary alicyclic amines) is 1. The summed E-state index contributed by atoms with van der Waals surface area (Å²) < 4.78 is 6.45. The number of fused-ring (bicyclic) bond motifs is 1. The summed E-state index contributed by atoms with van der Waals surface area (Å²) in [4.78, 5) is 23.8. The summed E-state index contributed by atoms with van der Waals surface area (Å²) in [6.07, 6.45) is 3.78. The summed E-state index contributed by atoms with van der Waals surface area (Å²) in [5.74, 6) is 0.764. The molecule has 2 aromatic rings. The highest BCUT2D eigenvalue weighted by atomic mass is 32.1. The minimum atomic E-state index is -0.0844. The van der Waals surface area contributed by atoms with E-state index in [2.05, 4.69) is 35.3 Å². The second-order valence-electron chi connectivity index (χ2n) is 6.95. The zero-order valence-corrected chi connectivity index (χ0v) is 17.6. The van der Waals surface area contributed by atoms with Gasteiger partial charge in [-0.3, -0.25) is 9.79 Å². The van der Waals surface area contributed by atoms with E-state index in [1.54, 1.807) is 11.3 Å². The van der Waals surface area contributed by atoms with Gasteiger partial charge in [0.05, 0.1) is 27.7 Å². The molecule has 1 aliphatic heterocycles. The molecule has 0 saturated carbocycles. The third-order valence-corrected chi connectivity index (χ3v) is 5.92. The van der Waals surface area contributed by atoms with Gasteiger partial charge >= 0.3 is 5.97 Å². The lowest BCUT2D eigenvalue weighted by Gasteiger charge is -2.34. The Morgan fingerprint density at radius 2 is 2.25 bits per heavy atom. The van der Waals surface area contributed by atoms with Gasteiger partial charge in [0.1, 0.15) is 0 Å². The highest BCUT2D eigenvalue weighted by molar-refractivity contribution is 7.18. The number of esters is 1. The molecule has 28 heavy (non-hydrogen) atoms. The summed E-state index contributed by atoms with van der Waals surface area (Å²) in [6.45, 7) is 7.55. The molecular weight excluding hydrogens is 372 g/mol. The Balaban J connectivity index is 1.55. The smallest absolute Gasteiger partial charge is 0.310 e. The molecule has 1 aliphatic rings. The predicted molar refractivity (Wildman–Crippen MR) is 115 cm³/mol. The van der Waals surface area contributed by atoms with Gasteiger partial charge in [0, 0.05) is 32.6 Å². The molecule has 0 spiro atoms. The Morgan fingerprint density at radius 1 is 1.39 bits per heavy atom. The van der Waals surface area contributed by atoms with Crippen molar-refractivity contribution in [2.24, 2.45) is 10.9 Å². The van der Waals surface area contributed by atoms with E-state index in [0.29, 0.717) is 13.2 Å². The van der Waals surface area contributed by atoms with E-state index in [0.717, 1.165) is 56.8 Å². The van der Waals surface area contributed by atoms with Crippen LogP contribution in [0.25, 0.3) is 10.2 Å². The topological polar surface area (TPSA) is 66.8 Å². The highest BCUT2D eigenvalue weighted by Gasteiger charge is 2.28. The number of aromatic nitrogens is 1. The second-order valence-corrected chi connectivity index (χ2v) is 8.07. The van der Waals surface area contributed by atoms with Crippen LogP contribution in [-0.2, 0) is 16.0 Å². The van der Waals surface area contributed by atoms with Crippen molar-refractivity contribution in [3.63, 3.8) is 0 Å². The van der Waals surface area contributed by atoms with Crippen LogP contribution < -0.4 is 5.32 Å². The first-order valence-corrected chi connectivity index (χ1v) is 11.1. The van der Waals surface area contributed by atoms with E-state index in [9.17, 15) is 4.79 Å². The molecule has 0 bridgehead atoms. The number of guanidine groups is 1. The first kappa shape index (κ1) is 20.6. The number of carbonyl (C=O) groups is 1. The van der Waals surface area contributed by atoms with Crippen molar-refractivity contribution in [2.45, 2.75) is 39.5 Å². The monoisotopic (exact) mass is 402 g/mol. The number of rotatable bonds is 7. The Kier molecular flexibility index (Phi) is 7.65. The predicted octanol–water partition coefficient (Wildman–Crippen LogP) is 3.47. The lowest BCUT2D eigenvalue weighted by molar-refractivity contribution is -0.149. The van der Waals surface area contributed by atoms with Crippen LogP contribution >= 0.6 is 11.3 Å². The first-order valence-electron chi connectivity index (χ1n) is 10.3. The Hall–Kier alpha value is -2.15. The fourth-order valence-corrected chi connectivity index (χ4v) is 4.50. The van der Waals surface area contributed by atoms with Crippen molar-refractivity contribution in [2.75, 3.05) is 32.8 Å². The average Bonchev–Trinajstić information content (AvgIpc) is 3.13. The first-order chi connectivity index (χ1) is 13.7. The highest BCUT2D eigenvalue weighted by Crippen LogP contribution is 2.22. The van der Waals surface area contributed by atoms with Crippen molar-refractivity contribution in [1.29, 1.82) is 0 Å². The van der Waals surface area contributed by atoms with E-state index in [1.807, 2.05) is 13.0 Å². The molecule has 1 fully saturated rings. The standard InChI is InChI=1S/C21H30N4O2S/c1-3-22-21(25-14-8-9-16(15-25)20(26)27-4-2)23-13-7-12-19-24-17-10-5-6-11-18(17)28-19/h5-6,10-11,16H,3-4,7-9,12-15H2,1-2H3,(H,22,23). The number of piperidine rings is 1. The van der Waals surface area contributed by atoms with Gasteiger partial charge in [-0.15, -0.1) is 11.3 Å². The third kappa shape index (κ3) is 5.44. The summed E-state index contributed by atoms with van der Waals surface area (Å²) in [5, 5.41) is 4.54. The van der Waals surface area contributed by atoms with Gasteiger partial charge in [0.2, 0.25) is 0 Å². The number of aliphatic imine (C=N–C) groups is 1. The number of nitrogens with zero attached hydrogens (tertiary/aromatic N) is 3. The van der Waals surface area contributed by atoms with Crippen LogP contribution in [0.4, 0.5) is 0 Å². The van der Waals surface area contributed by atoms with Gasteiger partial charge in [0.25, 0.3) is 0 Å². The molecule has 0 radical (unpaired) electrons.